The Hall–Kier alpha value is -2.34. The van der Waals surface area contributed by atoms with Crippen LogP contribution in [0.1, 0.15) is 19.3 Å². The Kier molecular flexibility index (Phi) is 5.71. The summed E-state index contributed by atoms with van der Waals surface area (Å²) in [5, 5.41) is 5.65. The molecule has 2 N–H and O–H groups in total. The van der Waals surface area contributed by atoms with Gasteiger partial charge < -0.3 is 10.6 Å². The number of nitrogens with one attached hydrogen (secondary N) is 2. The van der Waals surface area contributed by atoms with E-state index >= 15 is 0 Å². The first kappa shape index (κ1) is 17.5. The molecule has 3 rings (SSSR count). The van der Waals surface area contributed by atoms with E-state index in [0.29, 0.717) is 22.8 Å². The summed E-state index contributed by atoms with van der Waals surface area (Å²) in [4.78, 5) is 24.2. The summed E-state index contributed by atoms with van der Waals surface area (Å²) in [7, 11) is 0. The summed E-state index contributed by atoms with van der Waals surface area (Å²) in [6, 6.07) is 13.6. The molecule has 0 heterocycles. The Balaban J connectivity index is 1.43. The molecule has 1 fully saturated rings. The molecule has 0 atom stereocenters. The van der Waals surface area contributed by atoms with E-state index in [4.69, 9.17) is 0 Å². The lowest BCUT2D eigenvalue weighted by Gasteiger charge is -2.08. The zero-order valence-corrected chi connectivity index (χ0v) is 14.4. The molecule has 2 amide bonds. The van der Waals surface area contributed by atoms with Gasteiger partial charge in [0.15, 0.2) is 0 Å². The van der Waals surface area contributed by atoms with Crippen molar-refractivity contribution >= 4 is 35.0 Å². The lowest BCUT2D eigenvalue weighted by atomic mass is 10.2. The van der Waals surface area contributed by atoms with Crippen LogP contribution in [0.3, 0.4) is 0 Å². The summed E-state index contributed by atoms with van der Waals surface area (Å²) >= 11 is 1.32. The minimum atomic E-state index is -0.267. The van der Waals surface area contributed by atoms with Gasteiger partial charge in [0, 0.05) is 34.4 Å². The molecular formula is C19H19FN2O2S. The maximum atomic E-state index is 13.5. The van der Waals surface area contributed by atoms with Crippen LogP contribution in [0.4, 0.5) is 15.8 Å². The summed E-state index contributed by atoms with van der Waals surface area (Å²) in [6.45, 7) is 0. The van der Waals surface area contributed by atoms with Gasteiger partial charge in [0.05, 0.1) is 0 Å². The number of halogens is 1. The smallest absolute Gasteiger partial charge is 0.227 e. The Morgan fingerprint density at radius 3 is 2.28 bits per heavy atom. The highest BCUT2D eigenvalue weighted by Gasteiger charge is 2.29. The standard InChI is InChI=1S/C19H19FN2O2S/c20-16-3-1-2-4-17(16)25-12-11-18(23)21-14-7-9-15(10-8-14)22-19(24)13-5-6-13/h1-4,7-10,13H,5-6,11-12H2,(H,21,23)(H,22,24). The van der Waals surface area contributed by atoms with Crippen LogP contribution in [0.15, 0.2) is 53.4 Å². The lowest BCUT2D eigenvalue weighted by Crippen LogP contribution is -2.14. The van der Waals surface area contributed by atoms with Gasteiger partial charge in [-0.25, -0.2) is 4.39 Å². The molecule has 2 aromatic carbocycles. The highest BCUT2D eigenvalue weighted by atomic mass is 32.2. The van der Waals surface area contributed by atoms with E-state index in [0.717, 1.165) is 18.5 Å². The number of benzene rings is 2. The van der Waals surface area contributed by atoms with Crippen molar-refractivity contribution in [3.05, 3.63) is 54.3 Å². The van der Waals surface area contributed by atoms with E-state index in [1.165, 1.54) is 17.8 Å². The minimum absolute atomic E-state index is 0.0574. The first-order valence-corrected chi connectivity index (χ1v) is 9.18. The summed E-state index contributed by atoms with van der Waals surface area (Å²) in [5.74, 6) is 0.325. The van der Waals surface area contributed by atoms with E-state index in [9.17, 15) is 14.0 Å². The molecule has 2 aromatic rings. The van der Waals surface area contributed by atoms with Crippen LogP contribution in [0.2, 0.25) is 0 Å². The maximum absolute atomic E-state index is 13.5. The van der Waals surface area contributed by atoms with Crippen LogP contribution in [0, 0.1) is 11.7 Å². The number of carbonyl (C=O) groups excluding carboxylic acids is 2. The highest BCUT2D eigenvalue weighted by Crippen LogP contribution is 2.30. The van der Waals surface area contributed by atoms with Crippen molar-refractivity contribution in [2.75, 3.05) is 16.4 Å². The Morgan fingerprint density at radius 1 is 1.00 bits per heavy atom. The number of hydrogen-bond acceptors (Lipinski definition) is 3. The molecule has 6 heteroatoms. The van der Waals surface area contributed by atoms with Gasteiger partial charge in [-0.1, -0.05) is 12.1 Å². The molecule has 0 bridgehead atoms. The van der Waals surface area contributed by atoms with Crippen molar-refractivity contribution in [1.82, 2.24) is 0 Å². The molecule has 0 saturated heterocycles. The molecule has 1 aliphatic carbocycles. The average molecular weight is 358 g/mol. The number of thioether (sulfide) groups is 1. The van der Waals surface area contributed by atoms with Crippen LogP contribution in [0.25, 0.3) is 0 Å². The summed E-state index contributed by atoms with van der Waals surface area (Å²) < 4.78 is 13.5. The molecule has 1 aliphatic rings. The highest BCUT2D eigenvalue weighted by molar-refractivity contribution is 7.99. The van der Waals surface area contributed by atoms with Crippen LogP contribution in [-0.4, -0.2) is 17.6 Å². The number of hydrogen-bond donors (Lipinski definition) is 2. The van der Waals surface area contributed by atoms with Crippen LogP contribution in [-0.2, 0) is 9.59 Å². The van der Waals surface area contributed by atoms with Crippen LogP contribution < -0.4 is 10.6 Å². The van der Waals surface area contributed by atoms with E-state index in [-0.39, 0.29) is 23.5 Å². The SMILES string of the molecule is O=C(CCSc1ccccc1F)Nc1ccc(NC(=O)C2CC2)cc1. The zero-order chi connectivity index (χ0) is 17.6. The normalized spacial score (nSPS) is 13.3. The molecular weight excluding hydrogens is 339 g/mol. The molecule has 0 unspecified atom stereocenters. The van der Waals surface area contributed by atoms with E-state index < -0.39 is 0 Å². The Morgan fingerprint density at radius 2 is 1.64 bits per heavy atom. The Bertz CT molecular complexity index is 760. The third-order valence-electron chi connectivity index (χ3n) is 3.81. The van der Waals surface area contributed by atoms with Gasteiger partial charge in [-0.2, -0.15) is 0 Å². The van der Waals surface area contributed by atoms with E-state index in [1.54, 1.807) is 42.5 Å². The molecule has 0 aromatic heterocycles. The fraction of sp³-hybridized carbons (Fsp3) is 0.263. The molecule has 0 radical (unpaired) electrons. The maximum Gasteiger partial charge on any atom is 0.227 e. The summed E-state index contributed by atoms with van der Waals surface area (Å²) in [6.07, 6.45) is 2.22. The average Bonchev–Trinajstić information content (AvgIpc) is 3.43. The fourth-order valence-electron chi connectivity index (χ4n) is 2.27. The minimum Gasteiger partial charge on any atom is -0.326 e. The molecule has 0 aliphatic heterocycles. The third kappa shape index (κ3) is 5.32. The molecule has 25 heavy (non-hydrogen) atoms. The second kappa shape index (κ2) is 8.16. The Labute approximate surface area is 150 Å². The predicted molar refractivity (Wildman–Crippen MR) is 98.2 cm³/mol. The quantitative estimate of drug-likeness (QED) is 0.726. The molecule has 130 valence electrons. The first-order valence-electron chi connectivity index (χ1n) is 8.20. The number of anilines is 2. The fourth-order valence-corrected chi connectivity index (χ4v) is 3.15. The van der Waals surface area contributed by atoms with Crippen molar-refractivity contribution in [2.45, 2.75) is 24.2 Å². The topological polar surface area (TPSA) is 58.2 Å². The second-order valence-corrected chi connectivity index (χ2v) is 7.05. The van der Waals surface area contributed by atoms with Crippen molar-refractivity contribution in [1.29, 1.82) is 0 Å². The van der Waals surface area contributed by atoms with Crippen LogP contribution in [0.5, 0.6) is 0 Å². The third-order valence-corrected chi connectivity index (χ3v) is 4.86. The monoisotopic (exact) mass is 358 g/mol. The largest absolute Gasteiger partial charge is 0.326 e. The predicted octanol–water partition coefficient (Wildman–Crippen LogP) is 4.30. The van der Waals surface area contributed by atoms with E-state index in [2.05, 4.69) is 10.6 Å². The van der Waals surface area contributed by atoms with Crippen molar-refractivity contribution in [2.24, 2.45) is 5.92 Å². The van der Waals surface area contributed by atoms with Gasteiger partial charge >= 0.3 is 0 Å². The number of amides is 2. The van der Waals surface area contributed by atoms with Crippen molar-refractivity contribution in [3.8, 4) is 0 Å². The molecule has 0 spiro atoms. The number of rotatable bonds is 7. The second-order valence-electron chi connectivity index (χ2n) is 5.92. The van der Waals surface area contributed by atoms with Crippen LogP contribution >= 0.6 is 11.8 Å². The van der Waals surface area contributed by atoms with Gasteiger partial charge in [-0.15, -0.1) is 11.8 Å². The van der Waals surface area contributed by atoms with Gasteiger partial charge in [0.1, 0.15) is 5.82 Å². The zero-order valence-electron chi connectivity index (χ0n) is 13.6. The molecule has 1 saturated carbocycles. The van der Waals surface area contributed by atoms with E-state index in [1.807, 2.05) is 0 Å². The summed E-state index contributed by atoms with van der Waals surface area (Å²) in [5.41, 5.74) is 1.40. The molecule has 4 nitrogen and oxygen atoms in total. The lowest BCUT2D eigenvalue weighted by molar-refractivity contribution is -0.117. The van der Waals surface area contributed by atoms with Crippen molar-refractivity contribution in [3.63, 3.8) is 0 Å². The first-order chi connectivity index (χ1) is 12.1. The van der Waals surface area contributed by atoms with Gasteiger partial charge in [0.2, 0.25) is 11.8 Å². The van der Waals surface area contributed by atoms with Gasteiger partial charge in [-0.05, 0) is 49.2 Å². The number of carbonyl (C=O) groups is 2. The van der Waals surface area contributed by atoms with Gasteiger partial charge in [-0.3, -0.25) is 9.59 Å². The van der Waals surface area contributed by atoms with Gasteiger partial charge in [0.25, 0.3) is 0 Å². The van der Waals surface area contributed by atoms with Crippen molar-refractivity contribution < 1.29 is 14.0 Å².